The first-order chi connectivity index (χ1) is 22.4. The summed E-state index contributed by atoms with van der Waals surface area (Å²) in [4.78, 5) is 13.5. The van der Waals surface area contributed by atoms with Crippen LogP contribution in [0.4, 0.5) is 0 Å². The van der Waals surface area contributed by atoms with Crippen molar-refractivity contribution >= 4 is 32.7 Å². The van der Waals surface area contributed by atoms with Crippen molar-refractivity contribution in [2.24, 2.45) is 0 Å². The third-order valence-corrected chi connectivity index (χ3v) is 8.60. The number of hydrogen-bond acceptors (Lipinski definition) is 4. The SMILES string of the molecule is Cc1ccc(-c2[c-]ccc3c2oc2c4ccnc(C)c4ccc32)nc1.Cc1cnc(-c2[c-]cc(C)c(-c3ccccc3)c2)cc1C.[Ir]. The van der Waals surface area contributed by atoms with Crippen LogP contribution in [0.5, 0.6) is 0 Å². The second-order valence-electron chi connectivity index (χ2n) is 11.8. The van der Waals surface area contributed by atoms with Crippen LogP contribution in [0.1, 0.15) is 27.9 Å². The van der Waals surface area contributed by atoms with E-state index in [0.29, 0.717) is 0 Å². The van der Waals surface area contributed by atoms with Crippen molar-refractivity contribution in [3.05, 3.63) is 150 Å². The molecule has 0 bridgehead atoms. The van der Waals surface area contributed by atoms with Gasteiger partial charge in [-0.2, -0.15) is 0 Å². The Balaban J connectivity index is 0.000000164. The summed E-state index contributed by atoms with van der Waals surface area (Å²) < 4.78 is 6.34. The van der Waals surface area contributed by atoms with E-state index in [4.69, 9.17) is 4.42 Å². The van der Waals surface area contributed by atoms with Crippen LogP contribution in [-0.2, 0) is 20.1 Å². The summed E-state index contributed by atoms with van der Waals surface area (Å²) in [5, 5.41) is 4.40. The van der Waals surface area contributed by atoms with Gasteiger partial charge in [0.05, 0.1) is 5.58 Å². The van der Waals surface area contributed by atoms with Crippen molar-refractivity contribution in [1.29, 1.82) is 0 Å². The van der Waals surface area contributed by atoms with E-state index in [0.717, 1.165) is 66.5 Å². The first-order valence-electron chi connectivity index (χ1n) is 15.4. The number of pyridine rings is 3. The van der Waals surface area contributed by atoms with Gasteiger partial charge in [-0.1, -0.05) is 89.7 Å². The molecule has 5 heteroatoms. The Morgan fingerprint density at radius 1 is 0.596 bits per heavy atom. The van der Waals surface area contributed by atoms with Gasteiger partial charge in [0.15, 0.2) is 0 Å². The number of benzene rings is 4. The van der Waals surface area contributed by atoms with E-state index in [1.54, 1.807) is 0 Å². The molecule has 47 heavy (non-hydrogen) atoms. The molecule has 0 spiro atoms. The molecule has 0 unspecified atom stereocenters. The third-order valence-electron chi connectivity index (χ3n) is 8.60. The minimum absolute atomic E-state index is 0. The molecule has 0 aliphatic carbocycles. The van der Waals surface area contributed by atoms with Gasteiger partial charge in [-0.15, -0.1) is 47.5 Å². The number of fused-ring (bicyclic) bond motifs is 5. The third kappa shape index (κ3) is 6.25. The molecule has 4 nitrogen and oxygen atoms in total. The van der Waals surface area contributed by atoms with Crippen molar-refractivity contribution in [3.8, 4) is 33.6 Å². The van der Waals surface area contributed by atoms with Gasteiger partial charge in [0.1, 0.15) is 5.58 Å². The maximum Gasteiger partial charge on any atom is 0.128 e. The maximum absolute atomic E-state index is 6.34. The molecule has 0 fully saturated rings. The van der Waals surface area contributed by atoms with Gasteiger partial charge in [-0.25, -0.2) is 0 Å². The van der Waals surface area contributed by atoms with Gasteiger partial charge < -0.3 is 14.4 Å². The Bertz CT molecular complexity index is 2360. The molecule has 0 aliphatic heterocycles. The largest absolute Gasteiger partial charge is 0.500 e. The zero-order valence-electron chi connectivity index (χ0n) is 27.0. The first kappa shape index (κ1) is 32.0. The smallest absolute Gasteiger partial charge is 0.128 e. The number of nitrogens with zero attached hydrogens (tertiary/aromatic N) is 3. The van der Waals surface area contributed by atoms with Crippen LogP contribution in [-0.4, -0.2) is 15.0 Å². The van der Waals surface area contributed by atoms with E-state index in [1.165, 1.54) is 27.8 Å². The molecule has 1 radical (unpaired) electrons. The van der Waals surface area contributed by atoms with Gasteiger partial charge in [0.25, 0.3) is 0 Å². The minimum atomic E-state index is 0. The standard InChI is InChI=1S/C22H15N2O.C20H18N.Ir/c1-13-6-9-20(24-12-13)19-5-3-4-16-17-8-7-15-14(2)23-11-10-18(15)21(17)25-22(16)19;1-14-9-10-18(20-11-15(2)16(3)13-21-20)12-19(14)17-7-5-4-6-8-17;/h3-4,6-12H,1-2H3;4-9,11-13H,1-3H3;/q2*-1;. The molecular formula is C42H33IrN3O-2. The molecule has 0 N–H and O–H groups in total. The van der Waals surface area contributed by atoms with Crippen molar-refractivity contribution in [1.82, 2.24) is 15.0 Å². The predicted octanol–water partition coefficient (Wildman–Crippen LogP) is 10.8. The van der Waals surface area contributed by atoms with Crippen molar-refractivity contribution in [3.63, 3.8) is 0 Å². The normalized spacial score (nSPS) is 10.9. The Morgan fingerprint density at radius 2 is 1.34 bits per heavy atom. The molecule has 233 valence electrons. The van der Waals surface area contributed by atoms with Gasteiger partial charge in [0, 0.05) is 60.5 Å². The summed E-state index contributed by atoms with van der Waals surface area (Å²) in [6.45, 7) is 10.4. The topological polar surface area (TPSA) is 51.8 Å². The van der Waals surface area contributed by atoms with E-state index in [1.807, 2.05) is 56.7 Å². The first-order valence-corrected chi connectivity index (χ1v) is 15.4. The molecule has 4 aromatic carbocycles. The molecule has 0 saturated carbocycles. The zero-order valence-corrected chi connectivity index (χ0v) is 29.4. The van der Waals surface area contributed by atoms with Crippen molar-refractivity contribution in [2.75, 3.05) is 0 Å². The number of aromatic nitrogens is 3. The van der Waals surface area contributed by atoms with Crippen LogP contribution in [0, 0.1) is 46.8 Å². The summed E-state index contributed by atoms with van der Waals surface area (Å²) in [6.07, 6.45) is 5.63. The Labute approximate surface area is 288 Å². The van der Waals surface area contributed by atoms with E-state index in [2.05, 4.69) is 115 Å². The summed E-state index contributed by atoms with van der Waals surface area (Å²) in [5.74, 6) is 0. The fourth-order valence-corrected chi connectivity index (χ4v) is 5.82. The minimum Gasteiger partial charge on any atom is -0.500 e. The van der Waals surface area contributed by atoms with Gasteiger partial charge in [0.2, 0.25) is 0 Å². The second-order valence-corrected chi connectivity index (χ2v) is 11.8. The number of aryl methyl sites for hydroxylation is 5. The predicted molar refractivity (Wildman–Crippen MR) is 189 cm³/mol. The van der Waals surface area contributed by atoms with Gasteiger partial charge in [-0.3, -0.25) is 4.98 Å². The molecule has 0 aliphatic rings. The fourth-order valence-electron chi connectivity index (χ4n) is 5.82. The number of rotatable bonds is 3. The van der Waals surface area contributed by atoms with E-state index < -0.39 is 0 Å². The van der Waals surface area contributed by atoms with E-state index in [-0.39, 0.29) is 20.1 Å². The molecule has 4 aromatic heterocycles. The summed E-state index contributed by atoms with van der Waals surface area (Å²) in [7, 11) is 0. The molecule has 8 aromatic rings. The van der Waals surface area contributed by atoms with Crippen LogP contribution in [0.3, 0.4) is 0 Å². The molecule has 0 saturated heterocycles. The molecule has 8 rings (SSSR count). The van der Waals surface area contributed by atoms with Crippen LogP contribution in [0.25, 0.3) is 66.4 Å². The fraction of sp³-hybridized carbons (Fsp3) is 0.119. The molecule has 4 heterocycles. The van der Waals surface area contributed by atoms with Crippen molar-refractivity contribution in [2.45, 2.75) is 34.6 Å². The van der Waals surface area contributed by atoms with Crippen LogP contribution in [0.15, 0.2) is 114 Å². The Hall–Kier alpha value is -4.96. The second kappa shape index (κ2) is 13.4. The molecule has 0 amide bonds. The van der Waals surface area contributed by atoms with Crippen LogP contribution >= 0.6 is 0 Å². The average molecular weight is 788 g/mol. The summed E-state index contributed by atoms with van der Waals surface area (Å²) in [6, 6.07) is 37.8. The summed E-state index contributed by atoms with van der Waals surface area (Å²) >= 11 is 0. The summed E-state index contributed by atoms with van der Waals surface area (Å²) in [5.41, 5.74) is 13.8. The van der Waals surface area contributed by atoms with E-state index >= 15 is 0 Å². The zero-order chi connectivity index (χ0) is 31.8. The Kier molecular flexibility index (Phi) is 9.13. The van der Waals surface area contributed by atoms with Gasteiger partial charge >= 0.3 is 0 Å². The maximum atomic E-state index is 6.34. The van der Waals surface area contributed by atoms with Crippen LogP contribution < -0.4 is 0 Å². The van der Waals surface area contributed by atoms with Gasteiger partial charge in [-0.05, 0) is 61.8 Å². The quantitative estimate of drug-likeness (QED) is 0.167. The van der Waals surface area contributed by atoms with Crippen molar-refractivity contribution < 1.29 is 24.5 Å². The number of hydrogen-bond donors (Lipinski definition) is 0. The molecule has 0 atom stereocenters. The average Bonchev–Trinajstić information content (AvgIpc) is 3.47. The van der Waals surface area contributed by atoms with Crippen LogP contribution in [0.2, 0.25) is 0 Å². The monoisotopic (exact) mass is 788 g/mol. The van der Waals surface area contributed by atoms with E-state index in [9.17, 15) is 0 Å². The molecular weight excluding hydrogens is 755 g/mol. The number of furan rings is 1. The Morgan fingerprint density at radius 3 is 2.11 bits per heavy atom.